The van der Waals surface area contributed by atoms with E-state index in [-0.39, 0.29) is 24.3 Å². The van der Waals surface area contributed by atoms with Crippen LogP contribution in [-0.2, 0) is 4.79 Å². The van der Waals surface area contributed by atoms with E-state index in [0.29, 0.717) is 29.3 Å². The minimum Gasteiger partial charge on any atom is -0.376 e. The molecule has 1 heterocycles. The number of nitrogens with one attached hydrogen (secondary N) is 3. The first-order valence-electron chi connectivity index (χ1n) is 11.8. The zero-order chi connectivity index (χ0) is 23.6. The zero-order valence-corrected chi connectivity index (χ0v) is 19.5. The number of hydrogen-bond acceptors (Lipinski definition) is 4. The Morgan fingerprint density at radius 3 is 2.15 bits per heavy atom. The van der Waals surface area contributed by atoms with Gasteiger partial charge < -0.3 is 20.9 Å². The third-order valence-electron chi connectivity index (χ3n) is 5.90. The summed E-state index contributed by atoms with van der Waals surface area (Å²) >= 11 is 0. The predicted molar refractivity (Wildman–Crippen MR) is 132 cm³/mol. The lowest BCUT2D eigenvalue weighted by atomic mass is 9.98. The van der Waals surface area contributed by atoms with E-state index in [4.69, 9.17) is 0 Å². The highest BCUT2D eigenvalue weighted by molar-refractivity contribution is 5.97. The highest BCUT2D eigenvalue weighted by atomic mass is 16.2. The average Bonchev–Trinajstić information content (AvgIpc) is 2.83. The summed E-state index contributed by atoms with van der Waals surface area (Å²) in [4.78, 5) is 38.9. The van der Waals surface area contributed by atoms with Crippen molar-refractivity contribution in [3.8, 4) is 0 Å². The van der Waals surface area contributed by atoms with Gasteiger partial charge in [-0.15, -0.1) is 0 Å². The van der Waals surface area contributed by atoms with Crippen molar-refractivity contribution in [3.63, 3.8) is 0 Å². The molecule has 1 fully saturated rings. The van der Waals surface area contributed by atoms with Crippen LogP contribution in [0, 0.1) is 5.92 Å². The van der Waals surface area contributed by atoms with Crippen molar-refractivity contribution in [1.29, 1.82) is 0 Å². The van der Waals surface area contributed by atoms with Gasteiger partial charge in [0.15, 0.2) is 0 Å². The number of carbonyl (C=O) groups is 3. The van der Waals surface area contributed by atoms with Crippen molar-refractivity contribution in [2.24, 2.45) is 5.92 Å². The molecule has 33 heavy (non-hydrogen) atoms. The molecule has 0 bridgehead atoms. The van der Waals surface area contributed by atoms with Crippen LogP contribution in [-0.4, -0.2) is 48.8 Å². The van der Waals surface area contributed by atoms with E-state index >= 15 is 0 Å². The van der Waals surface area contributed by atoms with Gasteiger partial charge in [-0.05, 0) is 73.7 Å². The Morgan fingerprint density at radius 2 is 1.52 bits per heavy atom. The first kappa shape index (κ1) is 24.3. The quantitative estimate of drug-likeness (QED) is 0.501. The molecule has 3 amide bonds. The number of carbonyl (C=O) groups excluding carboxylic acids is 3. The lowest BCUT2D eigenvalue weighted by molar-refractivity contribution is -0.114. The van der Waals surface area contributed by atoms with Crippen molar-refractivity contribution in [2.45, 2.75) is 39.5 Å². The second-order valence-corrected chi connectivity index (χ2v) is 8.64. The summed E-state index contributed by atoms with van der Waals surface area (Å²) in [5.41, 5.74) is 2.63. The third-order valence-corrected chi connectivity index (χ3v) is 5.90. The molecule has 1 saturated heterocycles. The van der Waals surface area contributed by atoms with Gasteiger partial charge in [-0.25, -0.2) is 0 Å². The molecule has 2 aromatic carbocycles. The molecular formula is C26H34N4O3. The Morgan fingerprint density at radius 1 is 0.909 bits per heavy atom. The first-order chi connectivity index (χ1) is 16.0. The monoisotopic (exact) mass is 450 g/mol. The van der Waals surface area contributed by atoms with Crippen LogP contribution in [0.15, 0.2) is 48.5 Å². The van der Waals surface area contributed by atoms with E-state index in [0.717, 1.165) is 44.5 Å². The minimum absolute atomic E-state index is 0.0636. The van der Waals surface area contributed by atoms with Crippen LogP contribution in [0.2, 0.25) is 0 Å². The average molecular weight is 451 g/mol. The smallest absolute Gasteiger partial charge is 0.253 e. The standard InChI is InChI=1S/C26H34N4O3/c1-3-4-15-27-25(32)20-5-11-23(12-6-20)29-24(31)18-28-22-9-7-21(8-10-22)26(33)30-16-13-19(2)14-17-30/h5-12,19,28H,3-4,13-18H2,1-2H3,(H,27,32)(H,29,31). The molecule has 0 unspecified atom stereocenters. The number of piperidine rings is 1. The Hall–Kier alpha value is -3.35. The third kappa shape index (κ3) is 7.34. The molecule has 3 N–H and O–H groups in total. The molecule has 1 aliphatic heterocycles. The number of benzene rings is 2. The zero-order valence-electron chi connectivity index (χ0n) is 19.5. The van der Waals surface area contributed by atoms with Gasteiger partial charge in [-0.3, -0.25) is 14.4 Å². The summed E-state index contributed by atoms with van der Waals surface area (Å²) in [6.07, 6.45) is 4.08. The summed E-state index contributed by atoms with van der Waals surface area (Å²) in [5, 5.41) is 8.76. The van der Waals surface area contributed by atoms with Gasteiger partial charge in [0.2, 0.25) is 5.91 Å². The molecule has 7 heteroatoms. The highest BCUT2D eigenvalue weighted by Crippen LogP contribution is 2.19. The van der Waals surface area contributed by atoms with E-state index < -0.39 is 0 Å². The van der Waals surface area contributed by atoms with Crippen LogP contribution in [0.1, 0.15) is 60.2 Å². The van der Waals surface area contributed by atoms with Crippen LogP contribution < -0.4 is 16.0 Å². The van der Waals surface area contributed by atoms with Crippen LogP contribution in [0.5, 0.6) is 0 Å². The molecule has 0 aromatic heterocycles. The van der Waals surface area contributed by atoms with Crippen LogP contribution in [0.3, 0.4) is 0 Å². The van der Waals surface area contributed by atoms with Gasteiger partial charge in [-0.1, -0.05) is 20.3 Å². The van der Waals surface area contributed by atoms with Crippen molar-refractivity contribution in [1.82, 2.24) is 10.2 Å². The fourth-order valence-corrected chi connectivity index (χ4v) is 3.70. The topological polar surface area (TPSA) is 90.5 Å². The molecule has 0 aliphatic carbocycles. The summed E-state index contributed by atoms with van der Waals surface area (Å²) in [5.74, 6) is 0.436. The van der Waals surface area contributed by atoms with E-state index in [2.05, 4.69) is 29.8 Å². The van der Waals surface area contributed by atoms with Crippen molar-refractivity contribution < 1.29 is 14.4 Å². The molecule has 176 valence electrons. The molecule has 7 nitrogen and oxygen atoms in total. The molecule has 2 aromatic rings. The maximum atomic E-state index is 12.6. The second kappa shape index (κ2) is 12.0. The molecule has 3 rings (SSSR count). The molecule has 0 spiro atoms. The molecule has 0 atom stereocenters. The fraction of sp³-hybridized carbons (Fsp3) is 0.423. The number of amides is 3. The molecular weight excluding hydrogens is 416 g/mol. The summed E-state index contributed by atoms with van der Waals surface area (Å²) in [6.45, 7) is 6.67. The summed E-state index contributed by atoms with van der Waals surface area (Å²) in [7, 11) is 0. The summed E-state index contributed by atoms with van der Waals surface area (Å²) in [6, 6.07) is 14.1. The number of anilines is 2. The predicted octanol–water partition coefficient (Wildman–Crippen LogP) is 4.14. The van der Waals surface area contributed by atoms with Gasteiger partial charge in [0.25, 0.3) is 11.8 Å². The number of hydrogen-bond donors (Lipinski definition) is 3. The molecule has 0 radical (unpaired) electrons. The van der Waals surface area contributed by atoms with E-state index in [1.807, 2.05) is 17.0 Å². The van der Waals surface area contributed by atoms with E-state index in [9.17, 15) is 14.4 Å². The number of likely N-dealkylation sites (tertiary alicyclic amines) is 1. The van der Waals surface area contributed by atoms with Crippen molar-refractivity contribution in [3.05, 3.63) is 59.7 Å². The lowest BCUT2D eigenvalue weighted by Gasteiger charge is -2.30. The Kier molecular flexibility index (Phi) is 8.87. The van der Waals surface area contributed by atoms with Gasteiger partial charge in [0, 0.05) is 42.1 Å². The largest absolute Gasteiger partial charge is 0.376 e. The minimum atomic E-state index is -0.197. The van der Waals surface area contributed by atoms with Gasteiger partial charge in [0.05, 0.1) is 6.54 Å². The normalized spacial score (nSPS) is 13.9. The number of nitrogens with zero attached hydrogens (tertiary/aromatic N) is 1. The molecule has 0 saturated carbocycles. The Labute approximate surface area is 195 Å². The number of rotatable bonds is 9. The Balaban J connectivity index is 1.44. The lowest BCUT2D eigenvalue weighted by Crippen LogP contribution is -2.37. The first-order valence-corrected chi connectivity index (χ1v) is 11.8. The number of unbranched alkanes of at least 4 members (excludes halogenated alkanes) is 1. The van der Waals surface area contributed by atoms with Crippen LogP contribution in [0.25, 0.3) is 0 Å². The maximum Gasteiger partial charge on any atom is 0.253 e. The van der Waals surface area contributed by atoms with Crippen LogP contribution in [0.4, 0.5) is 11.4 Å². The van der Waals surface area contributed by atoms with Crippen molar-refractivity contribution in [2.75, 3.05) is 36.8 Å². The maximum absolute atomic E-state index is 12.6. The van der Waals surface area contributed by atoms with Crippen LogP contribution >= 0.6 is 0 Å². The highest BCUT2D eigenvalue weighted by Gasteiger charge is 2.21. The van der Waals surface area contributed by atoms with E-state index in [1.165, 1.54) is 0 Å². The van der Waals surface area contributed by atoms with E-state index in [1.54, 1.807) is 36.4 Å². The molecule has 1 aliphatic rings. The van der Waals surface area contributed by atoms with Gasteiger partial charge in [0.1, 0.15) is 0 Å². The Bertz CT molecular complexity index is 933. The van der Waals surface area contributed by atoms with Gasteiger partial charge >= 0.3 is 0 Å². The van der Waals surface area contributed by atoms with Gasteiger partial charge in [-0.2, -0.15) is 0 Å². The SMILES string of the molecule is CCCCNC(=O)c1ccc(NC(=O)CNc2ccc(C(=O)N3CCC(C)CC3)cc2)cc1. The van der Waals surface area contributed by atoms with Crippen molar-refractivity contribution >= 4 is 29.1 Å². The summed E-state index contributed by atoms with van der Waals surface area (Å²) < 4.78 is 0. The fourth-order valence-electron chi connectivity index (χ4n) is 3.70. The second-order valence-electron chi connectivity index (χ2n) is 8.64.